The number of ether oxygens (including phenoxy) is 2. The second-order valence-corrected chi connectivity index (χ2v) is 8.16. The van der Waals surface area contributed by atoms with E-state index in [0.29, 0.717) is 22.4 Å². The van der Waals surface area contributed by atoms with Crippen LogP contribution in [-0.2, 0) is 0 Å². The number of nitrogen functional groups attached to an aromatic ring is 1. The maximum absolute atomic E-state index is 5.92. The maximum Gasteiger partial charge on any atom is 0.210 e. The fraction of sp³-hybridized carbons (Fsp3) is 0.0952. The first-order valence-electron chi connectivity index (χ1n) is 8.92. The van der Waals surface area contributed by atoms with Crippen LogP contribution in [0.1, 0.15) is 0 Å². The minimum atomic E-state index is 0.422. The van der Waals surface area contributed by atoms with Crippen LogP contribution >= 0.6 is 27.3 Å². The molecule has 4 aromatic rings. The van der Waals surface area contributed by atoms with Crippen molar-refractivity contribution in [3.05, 3.63) is 59.2 Å². The lowest BCUT2D eigenvalue weighted by molar-refractivity contribution is 0.395. The zero-order valence-electron chi connectivity index (χ0n) is 16.2. The van der Waals surface area contributed by atoms with Gasteiger partial charge >= 0.3 is 0 Å². The first-order valence-corrected chi connectivity index (χ1v) is 10.5. The smallest absolute Gasteiger partial charge is 0.210 e. The summed E-state index contributed by atoms with van der Waals surface area (Å²) in [4.78, 5) is 4.09. The van der Waals surface area contributed by atoms with E-state index in [4.69, 9.17) is 15.2 Å². The Bertz CT molecular complexity index is 1180. The van der Waals surface area contributed by atoms with E-state index in [1.165, 1.54) is 11.3 Å². The second-order valence-electron chi connectivity index (χ2n) is 6.27. The third-order valence-corrected chi connectivity index (χ3v) is 5.75. The Morgan fingerprint density at radius 3 is 2.50 bits per heavy atom. The first kappa shape index (κ1) is 20.1. The van der Waals surface area contributed by atoms with Crippen molar-refractivity contribution in [3.63, 3.8) is 0 Å². The molecule has 30 heavy (non-hydrogen) atoms. The number of pyridine rings is 1. The normalized spacial score (nSPS) is 10.6. The molecule has 0 bridgehead atoms. The van der Waals surface area contributed by atoms with E-state index in [-0.39, 0.29) is 0 Å². The zero-order chi connectivity index (χ0) is 21.1. The van der Waals surface area contributed by atoms with E-state index in [0.717, 1.165) is 31.9 Å². The number of hydrogen-bond acceptors (Lipinski definition) is 8. The van der Waals surface area contributed by atoms with Gasteiger partial charge in [0.25, 0.3) is 0 Å². The Balaban J connectivity index is 1.79. The minimum absolute atomic E-state index is 0.422. The molecule has 0 aliphatic carbocycles. The fourth-order valence-corrected chi connectivity index (χ4v) is 4.03. The van der Waals surface area contributed by atoms with Crippen molar-refractivity contribution in [1.82, 2.24) is 15.2 Å². The summed E-state index contributed by atoms with van der Waals surface area (Å²) in [6.07, 6.45) is 1.67. The van der Waals surface area contributed by atoms with Gasteiger partial charge < -0.3 is 20.5 Å². The monoisotopic (exact) mass is 483 g/mol. The lowest BCUT2D eigenvalue weighted by Crippen LogP contribution is -1.96. The summed E-state index contributed by atoms with van der Waals surface area (Å²) in [6, 6.07) is 15.3. The molecular weight excluding hydrogens is 466 g/mol. The van der Waals surface area contributed by atoms with E-state index in [1.807, 2.05) is 42.5 Å². The average molecular weight is 484 g/mol. The molecule has 0 amide bonds. The Kier molecular flexibility index (Phi) is 5.82. The Labute approximate surface area is 186 Å². The molecule has 4 rings (SSSR count). The van der Waals surface area contributed by atoms with Gasteiger partial charge in [0.05, 0.1) is 14.2 Å². The highest BCUT2D eigenvalue weighted by Gasteiger charge is 2.19. The van der Waals surface area contributed by atoms with Crippen LogP contribution in [0.3, 0.4) is 0 Å². The molecule has 2 aromatic heterocycles. The number of nitrogens with two attached hydrogens (primary N) is 1. The zero-order valence-corrected chi connectivity index (χ0v) is 18.6. The van der Waals surface area contributed by atoms with Crippen LogP contribution in [0.25, 0.3) is 21.7 Å². The summed E-state index contributed by atoms with van der Waals surface area (Å²) in [5.74, 6) is 1.73. The number of benzene rings is 2. The number of anilines is 3. The van der Waals surface area contributed by atoms with Crippen molar-refractivity contribution in [1.29, 1.82) is 0 Å². The van der Waals surface area contributed by atoms with Gasteiger partial charge in [-0.05, 0) is 48.0 Å². The van der Waals surface area contributed by atoms with Gasteiger partial charge in [0.2, 0.25) is 5.13 Å². The fourth-order valence-electron chi connectivity index (χ4n) is 2.98. The average Bonchev–Trinajstić information content (AvgIpc) is 3.22. The summed E-state index contributed by atoms with van der Waals surface area (Å²) < 4.78 is 12.1. The number of halogens is 1. The Morgan fingerprint density at radius 1 is 1.00 bits per heavy atom. The summed E-state index contributed by atoms with van der Waals surface area (Å²) >= 11 is 4.87. The highest BCUT2D eigenvalue weighted by molar-refractivity contribution is 9.10. The number of hydrogen-bond donors (Lipinski definition) is 2. The van der Waals surface area contributed by atoms with E-state index < -0.39 is 0 Å². The van der Waals surface area contributed by atoms with Crippen molar-refractivity contribution in [2.24, 2.45) is 0 Å². The van der Waals surface area contributed by atoms with Crippen molar-refractivity contribution >= 4 is 43.9 Å². The van der Waals surface area contributed by atoms with Crippen molar-refractivity contribution in [2.75, 3.05) is 25.3 Å². The lowest BCUT2D eigenvalue weighted by Gasteiger charge is -2.15. The predicted molar refractivity (Wildman–Crippen MR) is 124 cm³/mol. The van der Waals surface area contributed by atoms with Gasteiger partial charge in [0, 0.05) is 33.6 Å². The largest absolute Gasteiger partial charge is 0.497 e. The molecule has 0 saturated heterocycles. The molecule has 2 aromatic carbocycles. The predicted octanol–water partition coefficient (Wildman–Crippen LogP) is 5.37. The standard InChI is InChI=1S/C21H18BrN5O2S/c1-28-15-10-16(19(17(11-15)29-2)12-7-8-24-18(23)9-12)20-26-27-21(30-20)25-14-5-3-13(22)4-6-14/h3-11H,1-2H3,(H2,23,24)(H,25,27). The number of aromatic nitrogens is 3. The molecular formula is C21H18BrN5O2S. The molecule has 0 spiro atoms. The van der Waals surface area contributed by atoms with Gasteiger partial charge in [0.15, 0.2) is 0 Å². The Hall–Kier alpha value is -3.17. The van der Waals surface area contributed by atoms with Crippen molar-refractivity contribution in [3.8, 4) is 33.2 Å². The summed E-state index contributed by atoms with van der Waals surface area (Å²) in [7, 11) is 3.23. The SMILES string of the molecule is COc1cc(OC)c(-c2ccnc(N)c2)c(-c2nnc(Nc3ccc(Br)cc3)s2)c1. The van der Waals surface area contributed by atoms with Gasteiger partial charge in [-0.3, -0.25) is 0 Å². The number of methoxy groups -OCH3 is 2. The van der Waals surface area contributed by atoms with Crippen molar-refractivity contribution < 1.29 is 9.47 Å². The molecule has 0 unspecified atom stereocenters. The topological polar surface area (TPSA) is 95.2 Å². The Morgan fingerprint density at radius 2 is 1.80 bits per heavy atom. The molecule has 152 valence electrons. The quantitative estimate of drug-likeness (QED) is 0.380. The molecule has 7 nitrogen and oxygen atoms in total. The van der Waals surface area contributed by atoms with Crippen LogP contribution in [0.15, 0.2) is 59.2 Å². The molecule has 3 N–H and O–H groups in total. The molecule has 0 atom stereocenters. The highest BCUT2D eigenvalue weighted by atomic mass is 79.9. The second kappa shape index (κ2) is 8.68. The highest BCUT2D eigenvalue weighted by Crippen LogP contribution is 2.44. The van der Waals surface area contributed by atoms with Gasteiger partial charge in [-0.1, -0.05) is 27.3 Å². The van der Waals surface area contributed by atoms with E-state index in [9.17, 15) is 0 Å². The van der Waals surface area contributed by atoms with Crippen LogP contribution in [0.4, 0.5) is 16.6 Å². The van der Waals surface area contributed by atoms with Crippen LogP contribution in [0.5, 0.6) is 11.5 Å². The van der Waals surface area contributed by atoms with Gasteiger partial charge in [-0.25, -0.2) is 4.98 Å². The van der Waals surface area contributed by atoms with Gasteiger partial charge in [-0.15, -0.1) is 10.2 Å². The molecule has 0 aliphatic rings. The minimum Gasteiger partial charge on any atom is -0.497 e. The van der Waals surface area contributed by atoms with Crippen LogP contribution in [-0.4, -0.2) is 29.4 Å². The van der Waals surface area contributed by atoms with Crippen LogP contribution < -0.4 is 20.5 Å². The van der Waals surface area contributed by atoms with E-state index in [1.54, 1.807) is 26.5 Å². The molecule has 0 saturated carbocycles. The lowest BCUT2D eigenvalue weighted by atomic mass is 9.99. The number of nitrogens with zero attached hydrogens (tertiary/aromatic N) is 3. The number of rotatable bonds is 6. The van der Waals surface area contributed by atoms with Crippen LogP contribution in [0.2, 0.25) is 0 Å². The third-order valence-electron chi connectivity index (χ3n) is 4.35. The van der Waals surface area contributed by atoms with Gasteiger partial charge in [0.1, 0.15) is 22.3 Å². The van der Waals surface area contributed by atoms with E-state index >= 15 is 0 Å². The first-order chi connectivity index (χ1) is 14.6. The molecule has 0 fully saturated rings. The number of nitrogens with one attached hydrogen (secondary N) is 1. The summed E-state index contributed by atoms with van der Waals surface area (Å²) in [6.45, 7) is 0. The summed E-state index contributed by atoms with van der Waals surface area (Å²) in [5.41, 5.74) is 9.39. The van der Waals surface area contributed by atoms with E-state index in [2.05, 4.69) is 36.4 Å². The summed E-state index contributed by atoms with van der Waals surface area (Å²) in [5, 5.41) is 13.4. The molecule has 0 radical (unpaired) electrons. The van der Waals surface area contributed by atoms with Crippen LogP contribution in [0, 0.1) is 0 Å². The third kappa shape index (κ3) is 4.22. The van der Waals surface area contributed by atoms with Gasteiger partial charge in [-0.2, -0.15) is 0 Å². The molecule has 2 heterocycles. The molecule has 0 aliphatic heterocycles. The molecule has 9 heteroatoms. The maximum atomic E-state index is 5.92. The van der Waals surface area contributed by atoms with Crippen molar-refractivity contribution in [2.45, 2.75) is 0 Å².